The molecule has 0 bridgehead atoms. The van der Waals surface area contributed by atoms with Crippen molar-refractivity contribution in [2.45, 2.75) is 39.3 Å². The maximum atomic E-state index is 12.9. The molecule has 0 aliphatic rings. The third-order valence-corrected chi connectivity index (χ3v) is 3.37. The Hall–Kier alpha value is -0.930. The Morgan fingerprint density at radius 2 is 1.83 bits per heavy atom. The van der Waals surface area contributed by atoms with Crippen molar-refractivity contribution in [1.29, 1.82) is 0 Å². The molecular weight excluding hydrogens is 227 g/mol. The number of halogens is 1. The zero-order chi connectivity index (χ0) is 13.5. The first-order valence-corrected chi connectivity index (χ1v) is 6.73. The summed E-state index contributed by atoms with van der Waals surface area (Å²) in [6.45, 7) is 8.45. The molecule has 2 nitrogen and oxygen atoms in total. The molecule has 1 atom stereocenters. The molecule has 0 aromatic heterocycles. The first-order chi connectivity index (χ1) is 8.54. The number of nitrogens with zero attached hydrogens (tertiary/aromatic N) is 1. The Bertz CT molecular complexity index is 335. The van der Waals surface area contributed by atoms with E-state index in [1.807, 2.05) is 12.1 Å². The summed E-state index contributed by atoms with van der Waals surface area (Å²) in [5.41, 5.74) is 1.16. The van der Waals surface area contributed by atoms with Gasteiger partial charge in [0.1, 0.15) is 5.82 Å². The fourth-order valence-corrected chi connectivity index (χ4v) is 1.92. The Labute approximate surface area is 110 Å². The van der Waals surface area contributed by atoms with Crippen molar-refractivity contribution in [3.05, 3.63) is 35.6 Å². The van der Waals surface area contributed by atoms with E-state index in [9.17, 15) is 4.39 Å². The van der Waals surface area contributed by atoms with E-state index in [2.05, 4.69) is 38.0 Å². The van der Waals surface area contributed by atoms with Crippen LogP contribution in [0.15, 0.2) is 24.3 Å². The molecule has 0 saturated heterocycles. The molecule has 0 fully saturated rings. The normalized spacial score (nSPS) is 13.3. The van der Waals surface area contributed by atoms with Crippen molar-refractivity contribution >= 4 is 0 Å². The van der Waals surface area contributed by atoms with Crippen LogP contribution in [0.4, 0.5) is 4.39 Å². The van der Waals surface area contributed by atoms with E-state index >= 15 is 0 Å². The van der Waals surface area contributed by atoms with Crippen LogP contribution in [0.5, 0.6) is 0 Å². The number of rotatable bonds is 7. The van der Waals surface area contributed by atoms with E-state index in [1.165, 1.54) is 12.1 Å². The Morgan fingerprint density at radius 1 is 1.22 bits per heavy atom. The van der Waals surface area contributed by atoms with Gasteiger partial charge in [-0.25, -0.2) is 4.39 Å². The van der Waals surface area contributed by atoms with E-state index < -0.39 is 0 Å². The van der Waals surface area contributed by atoms with Crippen molar-refractivity contribution in [1.82, 2.24) is 10.2 Å². The zero-order valence-electron chi connectivity index (χ0n) is 11.9. The van der Waals surface area contributed by atoms with Gasteiger partial charge in [-0.2, -0.15) is 0 Å². The maximum Gasteiger partial charge on any atom is 0.123 e. The molecular formula is C15H25FN2. The molecule has 1 aromatic carbocycles. The highest BCUT2D eigenvalue weighted by Gasteiger charge is 2.12. The largest absolute Gasteiger partial charge is 0.310 e. The summed E-state index contributed by atoms with van der Waals surface area (Å²) in [6, 6.07) is 7.67. The number of nitrogens with one attached hydrogen (secondary N) is 1. The molecule has 0 heterocycles. The van der Waals surface area contributed by atoms with E-state index in [0.29, 0.717) is 12.1 Å². The molecule has 0 aliphatic heterocycles. The van der Waals surface area contributed by atoms with E-state index in [1.54, 1.807) is 0 Å². The molecule has 18 heavy (non-hydrogen) atoms. The maximum absolute atomic E-state index is 12.9. The van der Waals surface area contributed by atoms with Crippen molar-refractivity contribution in [2.75, 3.05) is 20.1 Å². The fourth-order valence-electron chi connectivity index (χ4n) is 1.92. The molecule has 1 rings (SSSR count). The second-order valence-corrected chi connectivity index (χ2v) is 5.02. The third kappa shape index (κ3) is 4.75. The van der Waals surface area contributed by atoms with E-state index in [-0.39, 0.29) is 5.82 Å². The van der Waals surface area contributed by atoms with Crippen LogP contribution in [-0.4, -0.2) is 31.1 Å². The lowest BCUT2D eigenvalue weighted by molar-refractivity contribution is 0.257. The first-order valence-electron chi connectivity index (χ1n) is 6.73. The van der Waals surface area contributed by atoms with Gasteiger partial charge in [0.25, 0.3) is 0 Å². The van der Waals surface area contributed by atoms with Crippen LogP contribution in [0.2, 0.25) is 0 Å². The van der Waals surface area contributed by atoms with Gasteiger partial charge in [-0.1, -0.05) is 19.1 Å². The zero-order valence-corrected chi connectivity index (χ0v) is 11.9. The molecule has 0 saturated carbocycles. The molecule has 0 radical (unpaired) electrons. The van der Waals surface area contributed by atoms with E-state index in [0.717, 1.165) is 25.1 Å². The van der Waals surface area contributed by atoms with Gasteiger partial charge < -0.3 is 10.2 Å². The van der Waals surface area contributed by atoms with Crippen LogP contribution in [0.25, 0.3) is 0 Å². The van der Waals surface area contributed by atoms with Crippen molar-refractivity contribution in [3.8, 4) is 0 Å². The first kappa shape index (κ1) is 15.1. The molecule has 1 unspecified atom stereocenters. The molecule has 1 aromatic rings. The summed E-state index contributed by atoms with van der Waals surface area (Å²) in [4.78, 5) is 2.33. The Balaban J connectivity index is 2.62. The smallest absolute Gasteiger partial charge is 0.123 e. The highest BCUT2D eigenvalue weighted by molar-refractivity contribution is 5.19. The summed E-state index contributed by atoms with van der Waals surface area (Å²) >= 11 is 0. The lowest BCUT2D eigenvalue weighted by Gasteiger charge is -2.25. The van der Waals surface area contributed by atoms with Gasteiger partial charge in [0.2, 0.25) is 0 Å². The predicted octanol–water partition coefficient (Wildman–Crippen LogP) is 3.21. The van der Waals surface area contributed by atoms with Crippen molar-refractivity contribution < 1.29 is 4.39 Å². The minimum absolute atomic E-state index is 0.173. The van der Waals surface area contributed by atoms with Crippen LogP contribution in [0.1, 0.15) is 38.8 Å². The van der Waals surface area contributed by atoms with Gasteiger partial charge in [-0.3, -0.25) is 0 Å². The molecule has 1 N–H and O–H groups in total. The molecule has 102 valence electrons. The van der Waals surface area contributed by atoms with Crippen molar-refractivity contribution in [3.63, 3.8) is 0 Å². The molecule has 0 amide bonds. The summed E-state index contributed by atoms with van der Waals surface area (Å²) in [5, 5.41) is 3.46. The fraction of sp³-hybridized carbons (Fsp3) is 0.600. The monoisotopic (exact) mass is 252 g/mol. The lowest BCUT2D eigenvalue weighted by atomic mass is 10.0. The minimum atomic E-state index is -0.173. The van der Waals surface area contributed by atoms with Gasteiger partial charge in [-0.15, -0.1) is 0 Å². The molecule has 0 spiro atoms. The van der Waals surface area contributed by atoms with Gasteiger partial charge in [0.15, 0.2) is 0 Å². The van der Waals surface area contributed by atoms with Crippen molar-refractivity contribution in [2.24, 2.45) is 0 Å². The average Bonchev–Trinajstić information content (AvgIpc) is 2.35. The summed E-state index contributed by atoms with van der Waals surface area (Å²) in [5.74, 6) is -0.173. The standard InChI is InChI=1S/C15H25FN2/c1-5-17-15(10-11-18(4)12(2)3)13-6-8-14(16)9-7-13/h6-9,12,15,17H,5,10-11H2,1-4H3. The highest BCUT2D eigenvalue weighted by atomic mass is 19.1. The quantitative estimate of drug-likeness (QED) is 0.801. The molecule has 0 aliphatic carbocycles. The predicted molar refractivity (Wildman–Crippen MR) is 75.2 cm³/mol. The number of hydrogen-bond donors (Lipinski definition) is 1. The average molecular weight is 252 g/mol. The SMILES string of the molecule is CCNC(CCN(C)C(C)C)c1ccc(F)cc1. The lowest BCUT2D eigenvalue weighted by Crippen LogP contribution is -2.31. The van der Waals surface area contributed by atoms with Crippen LogP contribution in [0.3, 0.4) is 0 Å². The minimum Gasteiger partial charge on any atom is -0.310 e. The van der Waals surface area contributed by atoms with Crippen LogP contribution < -0.4 is 5.32 Å². The second-order valence-electron chi connectivity index (χ2n) is 5.02. The second kappa shape index (κ2) is 7.49. The highest BCUT2D eigenvalue weighted by Crippen LogP contribution is 2.18. The summed E-state index contributed by atoms with van der Waals surface area (Å²) < 4.78 is 12.9. The van der Waals surface area contributed by atoms with Gasteiger partial charge >= 0.3 is 0 Å². The van der Waals surface area contributed by atoms with Crippen LogP contribution in [-0.2, 0) is 0 Å². The van der Waals surface area contributed by atoms with Gasteiger partial charge in [0.05, 0.1) is 0 Å². The van der Waals surface area contributed by atoms with Gasteiger partial charge in [0, 0.05) is 12.1 Å². The van der Waals surface area contributed by atoms with Gasteiger partial charge in [-0.05, 0) is 58.1 Å². The van der Waals surface area contributed by atoms with E-state index in [4.69, 9.17) is 0 Å². The summed E-state index contributed by atoms with van der Waals surface area (Å²) in [6.07, 6.45) is 1.04. The Morgan fingerprint density at radius 3 is 2.33 bits per heavy atom. The third-order valence-electron chi connectivity index (χ3n) is 3.37. The number of benzene rings is 1. The van der Waals surface area contributed by atoms with Crippen LogP contribution in [0, 0.1) is 5.82 Å². The van der Waals surface area contributed by atoms with Crippen LogP contribution >= 0.6 is 0 Å². The Kier molecular flexibility index (Phi) is 6.30. The molecule has 3 heteroatoms. The number of hydrogen-bond acceptors (Lipinski definition) is 2. The summed E-state index contributed by atoms with van der Waals surface area (Å²) in [7, 11) is 2.14. The topological polar surface area (TPSA) is 15.3 Å².